The summed E-state index contributed by atoms with van der Waals surface area (Å²) < 4.78 is 7.12. The Hall–Kier alpha value is -0.830. The molecule has 17 heavy (non-hydrogen) atoms. The summed E-state index contributed by atoms with van der Waals surface area (Å²) in [4.78, 5) is 12.2. The molecule has 2 unspecified atom stereocenters. The summed E-state index contributed by atoms with van der Waals surface area (Å²) in [6.07, 6.45) is 3.72. The highest BCUT2D eigenvalue weighted by molar-refractivity contribution is 9.10. The minimum atomic E-state index is -0.218. The highest BCUT2D eigenvalue weighted by atomic mass is 79.9. The summed E-state index contributed by atoms with van der Waals surface area (Å²) in [6.45, 7) is 2.24. The molecule has 1 aliphatic heterocycles. The maximum atomic E-state index is 12.2. The summed E-state index contributed by atoms with van der Waals surface area (Å²) in [7, 11) is 0. The number of benzene rings is 1. The fraction of sp³-hybridized carbons (Fsp3) is 0.500. The minimum absolute atomic E-state index is 0.218. The topological polar surface area (TPSA) is 26.3 Å². The maximum absolute atomic E-state index is 12.2. The molecule has 3 heteroatoms. The number of carbonyl (C=O) groups is 1. The smallest absolute Gasteiger partial charge is 0.170 e. The van der Waals surface area contributed by atoms with Crippen molar-refractivity contribution in [1.29, 1.82) is 0 Å². The predicted molar refractivity (Wildman–Crippen MR) is 69.5 cm³/mol. The van der Waals surface area contributed by atoms with E-state index in [0.29, 0.717) is 12.3 Å². The van der Waals surface area contributed by atoms with Crippen molar-refractivity contribution in [3.63, 3.8) is 0 Å². The Kier molecular flexibility index (Phi) is 2.54. The molecule has 1 aromatic rings. The highest BCUT2D eigenvalue weighted by Gasteiger charge is 2.44. The molecular formula is C14H15BrO2. The molecule has 0 N–H and O–H groups in total. The fourth-order valence-electron chi connectivity index (χ4n) is 3.07. The fourth-order valence-corrected chi connectivity index (χ4v) is 3.41. The van der Waals surface area contributed by atoms with Gasteiger partial charge in [-0.2, -0.15) is 0 Å². The van der Waals surface area contributed by atoms with Gasteiger partial charge in [-0.3, -0.25) is 4.79 Å². The highest BCUT2D eigenvalue weighted by Crippen LogP contribution is 2.45. The standard InChI is InChI=1S/C14H15BrO2/c1-9-4-5-14(7-9)8-12(16)11-3-2-10(15)6-13(11)17-14/h2-3,6,9H,4-5,7-8H2,1H3. The van der Waals surface area contributed by atoms with Gasteiger partial charge in [0.25, 0.3) is 0 Å². The third-order valence-electron chi connectivity index (χ3n) is 3.87. The average Bonchev–Trinajstić information content (AvgIpc) is 2.58. The van der Waals surface area contributed by atoms with E-state index in [9.17, 15) is 4.79 Å². The molecule has 0 amide bonds. The van der Waals surface area contributed by atoms with Crippen LogP contribution in [-0.2, 0) is 0 Å². The molecular weight excluding hydrogens is 280 g/mol. The van der Waals surface area contributed by atoms with E-state index in [2.05, 4.69) is 22.9 Å². The second kappa shape index (κ2) is 3.84. The lowest BCUT2D eigenvalue weighted by atomic mass is 9.88. The van der Waals surface area contributed by atoms with Crippen LogP contribution in [0.5, 0.6) is 5.75 Å². The Bertz CT molecular complexity index is 483. The molecule has 2 aliphatic rings. The van der Waals surface area contributed by atoms with E-state index < -0.39 is 0 Å². The summed E-state index contributed by atoms with van der Waals surface area (Å²) in [5.74, 6) is 1.65. The van der Waals surface area contributed by atoms with Gasteiger partial charge in [-0.25, -0.2) is 0 Å². The molecule has 1 spiro atoms. The molecule has 1 aliphatic carbocycles. The second-order valence-electron chi connectivity index (χ2n) is 5.37. The molecule has 1 heterocycles. The summed E-state index contributed by atoms with van der Waals surface area (Å²) in [6, 6.07) is 5.67. The van der Waals surface area contributed by atoms with Gasteiger partial charge in [0, 0.05) is 4.47 Å². The van der Waals surface area contributed by atoms with E-state index >= 15 is 0 Å². The third kappa shape index (κ3) is 1.90. The van der Waals surface area contributed by atoms with E-state index in [4.69, 9.17) is 4.74 Å². The molecule has 90 valence electrons. The van der Waals surface area contributed by atoms with E-state index in [-0.39, 0.29) is 11.4 Å². The molecule has 2 atom stereocenters. The first kappa shape index (κ1) is 11.3. The van der Waals surface area contributed by atoms with Crippen LogP contribution < -0.4 is 4.74 Å². The van der Waals surface area contributed by atoms with Crippen LogP contribution in [0.4, 0.5) is 0 Å². The van der Waals surface area contributed by atoms with Crippen LogP contribution in [0.2, 0.25) is 0 Å². The van der Waals surface area contributed by atoms with E-state index in [0.717, 1.165) is 35.0 Å². The largest absolute Gasteiger partial charge is 0.486 e. The molecule has 2 nitrogen and oxygen atoms in total. The Morgan fingerprint density at radius 3 is 3.00 bits per heavy atom. The lowest BCUT2D eigenvalue weighted by Crippen LogP contribution is -2.39. The number of ketones is 1. The zero-order valence-electron chi connectivity index (χ0n) is 9.83. The summed E-state index contributed by atoms with van der Waals surface area (Å²) in [5.41, 5.74) is 0.517. The van der Waals surface area contributed by atoms with Gasteiger partial charge in [0.1, 0.15) is 11.4 Å². The monoisotopic (exact) mass is 294 g/mol. The molecule has 0 bridgehead atoms. The van der Waals surface area contributed by atoms with Gasteiger partial charge >= 0.3 is 0 Å². The SMILES string of the molecule is CC1CCC2(CC(=O)c3ccc(Br)cc3O2)C1. The van der Waals surface area contributed by atoms with Gasteiger partial charge in [0.05, 0.1) is 12.0 Å². The quantitative estimate of drug-likeness (QED) is 0.724. The Morgan fingerprint density at radius 2 is 2.29 bits per heavy atom. The minimum Gasteiger partial charge on any atom is -0.486 e. The molecule has 3 rings (SSSR count). The van der Waals surface area contributed by atoms with Crippen molar-refractivity contribution in [2.75, 3.05) is 0 Å². The number of Topliss-reactive ketones (excluding diaryl/α,β-unsaturated/α-hetero) is 1. The number of hydrogen-bond acceptors (Lipinski definition) is 2. The first-order valence-electron chi connectivity index (χ1n) is 6.10. The van der Waals surface area contributed by atoms with Gasteiger partial charge in [0.2, 0.25) is 0 Å². The van der Waals surface area contributed by atoms with Crippen molar-refractivity contribution >= 4 is 21.7 Å². The molecule has 0 saturated heterocycles. The van der Waals surface area contributed by atoms with Gasteiger partial charge < -0.3 is 4.74 Å². The lowest BCUT2D eigenvalue weighted by Gasteiger charge is -2.35. The van der Waals surface area contributed by atoms with Crippen LogP contribution in [-0.4, -0.2) is 11.4 Å². The number of rotatable bonds is 0. The van der Waals surface area contributed by atoms with Crippen LogP contribution in [0.1, 0.15) is 43.0 Å². The number of fused-ring (bicyclic) bond motifs is 1. The van der Waals surface area contributed by atoms with Crippen molar-refractivity contribution in [2.45, 2.75) is 38.2 Å². The number of carbonyl (C=O) groups excluding carboxylic acids is 1. The summed E-state index contributed by atoms with van der Waals surface area (Å²) >= 11 is 3.43. The first-order valence-corrected chi connectivity index (χ1v) is 6.89. The second-order valence-corrected chi connectivity index (χ2v) is 6.29. The lowest BCUT2D eigenvalue weighted by molar-refractivity contribution is 0.0428. The Labute approximate surface area is 109 Å². The average molecular weight is 295 g/mol. The van der Waals surface area contributed by atoms with Crippen molar-refractivity contribution in [2.24, 2.45) is 5.92 Å². The summed E-state index contributed by atoms with van der Waals surface area (Å²) in [5, 5.41) is 0. The van der Waals surface area contributed by atoms with Gasteiger partial charge in [0.15, 0.2) is 5.78 Å². The van der Waals surface area contributed by atoms with Crippen LogP contribution in [0.25, 0.3) is 0 Å². The molecule has 1 aromatic carbocycles. The van der Waals surface area contributed by atoms with E-state index in [1.807, 2.05) is 18.2 Å². The van der Waals surface area contributed by atoms with Crippen LogP contribution in [0.15, 0.2) is 22.7 Å². The van der Waals surface area contributed by atoms with Crippen molar-refractivity contribution in [3.05, 3.63) is 28.2 Å². The van der Waals surface area contributed by atoms with Gasteiger partial charge in [-0.15, -0.1) is 0 Å². The van der Waals surface area contributed by atoms with Crippen LogP contribution >= 0.6 is 15.9 Å². The predicted octanol–water partition coefficient (Wildman–Crippen LogP) is 3.97. The first-order chi connectivity index (χ1) is 8.08. The Balaban J connectivity index is 2.00. The molecule has 1 fully saturated rings. The van der Waals surface area contributed by atoms with Crippen molar-refractivity contribution in [1.82, 2.24) is 0 Å². The van der Waals surface area contributed by atoms with Crippen LogP contribution in [0, 0.1) is 5.92 Å². The van der Waals surface area contributed by atoms with Crippen molar-refractivity contribution in [3.8, 4) is 5.75 Å². The van der Waals surface area contributed by atoms with Gasteiger partial charge in [-0.05, 0) is 43.4 Å². The number of halogens is 1. The maximum Gasteiger partial charge on any atom is 0.170 e. The van der Waals surface area contributed by atoms with Crippen molar-refractivity contribution < 1.29 is 9.53 Å². The normalized spacial score (nSPS) is 31.4. The van der Waals surface area contributed by atoms with E-state index in [1.165, 1.54) is 0 Å². The zero-order chi connectivity index (χ0) is 12.0. The van der Waals surface area contributed by atoms with E-state index in [1.54, 1.807) is 0 Å². The number of ether oxygens (including phenoxy) is 1. The third-order valence-corrected chi connectivity index (χ3v) is 4.36. The molecule has 0 radical (unpaired) electrons. The number of hydrogen-bond donors (Lipinski definition) is 0. The Morgan fingerprint density at radius 1 is 1.47 bits per heavy atom. The molecule has 1 saturated carbocycles. The zero-order valence-corrected chi connectivity index (χ0v) is 11.4. The van der Waals surface area contributed by atoms with Crippen LogP contribution in [0.3, 0.4) is 0 Å². The molecule has 0 aromatic heterocycles. The van der Waals surface area contributed by atoms with Gasteiger partial charge in [-0.1, -0.05) is 22.9 Å².